The second-order valence-corrected chi connectivity index (χ2v) is 5.57. The van der Waals surface area contributed by atoms with E-state index in [-0.39, 0.29) is 0 Å². The van der Waals surface area contributed by atoms with Gasteiger partial charge in [0.25, 0.3) is 0 Å². The van der Waals surface area contributed by atoms with E-state index in [4.69, 9.17) is 0 Å². The van der Waals surface area contributed by atoms with Gasteiger partial charge in [-0.15, -0.1) is 11.3 Å². The quantitative estimate of drug-likeness (QED) is 0.904. The Balaban J connectivity index is 1.64. The average Bonchev–Trinajstić information content (AvgIpc) is 2.80. The number of nitrogens with one attached hydrogen (secondary N) is 1. The van der Waals surface area contributed by atoms with Gasteiger partial charge in [0.15, 0.2) is 0 Å². The summed E-state index contributed by atoms with van der Waals surface area (Å²) in [4.78, 5) is 4.63. The average molecular weight is 247 g/mol. The summed E-state index contributed by atoms with van der Waals surface area (Å²) < 4.78 is 1.28. The fourth-order valence-corrected chi connectivity index (χ4v) is 3.13. The van der Waals surface area contributed by atoms with E-state index < -0.39 is 0 Å². The molecule has 0 aliphatic carbocycles. The van der Waals surface area contributed by atoms with Crippen molar-refractivity contribution in [3.05, 3.63) is 29.3 Å². The monoisotopic (exact) mass is 247 g/mol. The molecule has 0 amide bonds. The smallest absolute Gasteiger partial charge is 0.109 e. The topological polar surface area (TPSA) is 28.2 Å². The van der Waals surface area contributed by atoms with E-state index in [0.29, 0.717) is 0 Å². The first-order valence-electron chi connectivity index (χ1n) is 6.25. The molecule has 2 aromatic rings. The van der Waals surface area contributed by atoms with Crippen molar-refractivity contribution in [1.29, 1.82) is 0 Å². The van der Waals surface area contributed by atoms with E-state index >= 15 is 0 Å². The van der Waals surface area contributed by atoms with E-state index in [9.17, 15) is 0 Å². The van der Waals surface area contributed by atoms with Crippen molar-refractivity contribution in [2.45, 2.75) is 25.8 Å². The summed E-state index contributed by atoms with van der Waals surface area (Å²) in [5.74, 6) is 0. The highest BCUT2D eigenvalue weighted by molar-refractivity contribution is 7.18. The minimum atomic E-state index is 0.860. The zero-order valence-corrected chi connectivity index (χ0v) is 10.7. The number of para-hydroxylation sites is 1. The van der Waals surface area contributed by atoms with Crippen LogP contribution in [0.25, 0.3) is 10.2 Å². The summed E-state index contributed by atoms with van der Waals surface area (Å²) in [6, 6.07) is 8.33. The Morgan fingerprint density at radius 2 is 2.00 bits per heavy atom. The molecule has 1 aromatic heterocycles. The molecule has 1 fully saturated rings. The van der Waals surface area contributed by atoms with Crippen LogP contribution in [0.1, 0.15) is 24.3 Å². The van der Waals surface area contributed by atoms with Crippen molar-refractivity contribution >= 4 is 21.6 Å². The molecule has 1 aliphatic heterocycles. The molecular formula is C13H17N3S. The Morgan fingerprint density at radius 1 is 1.18 bits per heavy atom. The molecule has 17 heavy (non-hydrogen) atoms. The van der Waals surface area contributed by atoms with Gasteiger partial charge in [-0.25, -0.2) is 15.4 Å². The zero-order chi connectivity index (χ0) is 11.5. The summed E-state index contributed by atoms with van der Waals surface area (Å²) in [7, 11) is 0. The molecule has 1 N–H and O–H groups in total. The normalized spacial score (nSPS) is 17.6. The van der Waals surface area contributed by atoms with Crippen LogP contribution >= 0.6 is 11.3 Å². The Bertz CT molecular complexity index is 455. The predicted molar refractivity (Wildman–Crippen MR) is 71.9 cm³/mol. The first-order valence-corrected chi connectivity index (χ1v) is 7.06. The maximum absolute atomic E-state index is 4.63. The molecule has 0 atom stereocenters. The van der Waals surface area contributed by atoms with E-state index in [1.54, 1.807) is 11.3 Å². The van der Waals surface area contributed by atoms with Crippen LogP contribution in [0.3, 0.4) is 0 Å². The number of aromatic nitrogens is 1. The standard InChI is InChI=1S/C13H17N3S/c1-4-8-16(9-5-1)14-10-13-15-11-6-2-3-7-12(11)17-13/h2-3,6-7,14H,1,4-5,8-10H2. The van der Waals surface area contributed by atoms with E-state index in [0.717, 1.165) is 12.1 Å². The molecular weight excluding hydrogens is 230 g/mol. The van der Waals surface area contributed by atoms with Gasteiger partial charge >= 0.3 is 0 Å². The van der Waals surface area contributed by atoms with Crippen LogP contribution in [0, 0.1) is 0 Å². The molecule has 0 bridgehead atoms. The molecule has 3 rings (SSSR count). The number of hydrogen-bond acceptors (Lipinski definition) is 4. The second kappa shape index (κ2) is 5.12. The fourth-order valence-electron chi connectivity index (χ4n) is 2.23. The predicted octanol–water partition coefficient (Wildman–Crippen LogP) is 2.79. The van der Waals surface area contributed by atoms with Gasteiger partial charge < -0.3 is 0 Å². The lowest BCUT2D eigenvalue weighted by molar-refractivity contribution is 0.151. The van der Waals surface area contributed by atoms with Crippen molar-refractivity contribution in [2.24, 2.45) is 0 Å². The van der Waals surface area contributed by atoms with Crippen molar-refractivity contribution < 1.29 is 0 Å². The highest BCUT2D eigenvalue weighted by atomic mass is 32.1. The van der Waals surface area contributed by atoms with Gasteiger partial charge in [-0.3, -0.25) is 0 Å². The van der Waals surface area contributed by atoms with Crippen LogP contribution in [0.15, 0.2) is 24.3 Å². The Morgan fingerprint density at radius 3 is 2.82 bits per heavy atom. The van der Waals surface area contributed by atoms with Gasteiger partial charge in [-0.2, -0.15) is 0 Å². The number of piperidine rings is 1. The maximum Gasteiger partial charge on any atom is 0.109 e. The largest absolute Gasteiger partial charge is 0.248 e. The number of thiazole rings is 1. The molecule has 3 nitrogen and oxygen atoms in total. The molecule has 1 saturated heterocycles. The van der Waals surface area contributed by atoms with E-state index in [1.165, 1.54) is 42.1 Å². The minimum Gasteiger partial charge on any atom is -0.248 e. The van der Waals surface area contributed by atoms with Crippen molar-refractivity contribution in [1.82, 2.24) is 15.4 Å². The van der Waals surface area contributed by atoms with E-state index in [1.807, 2.05) is 6.07 Å². The SMILES string of the molecule is c1ccc2sc(CNN3CCCCC3)nc2c1. The molecule has 0 radical (unpaired) electrons. The molecule has 2 heterocycles. The number of fused-ring (bicyclic) bond motifs is 1. The lowest BCUT2D eigenvalue weighted by Gasteiger charge is -2.26. The van der Waals surface area contributed by atoms with Crippen LogP contribution in [0.2, 0.25) is 0 Å². The number of hydrogen-bond donors (Lipinski definition) is 1. The molecule has 0 unspecified atom stereocenters. The molecule has 0 saturated carbocycles. The van der Waals surface area contributed by atoms with Crippen molar-refractivity contribution in [3.8, 4) is 0 Å². The number of rotatable bonds is 3. The third kappa shape index (κ3) is 2.65. The first-order chi connectivity index (χ1) is 8.42. The van der Waals surface area contributed by atoms with Crippen molar-refractivity contribution in [2.75, 3.05) is 13.1 Å². The minimum absolute atomic E-state index is 0.860. The van der Waals surface area contributed by atoms with Gasteiger partial charge in [0.2, 0.25) is 0 Å². The number of hydrazine groups is 1. The summed E-state index contributed by atoms with van der Waals surface area (Å²) in [5, 5.41) is 3.51. The Hall–Kier alpha value is -0.970. The van der Waals surface area contributed by atoms with Gasteiger partial charge in [-0.1, -0.05) is 18.6 Å². The Labute approximate surface area is 105 Å². The van der Waals surface area contributed by atoms with Crippen LogP contribution in [-0.2, 0) is 6.54 Å². The molecule has 1 aliphatic rings. The summed E-state index contributed by atoms with van der Waals surface area (Å²) in [6.07, 6.45) is 4.00. The van der Waals surface area contributed by atoms with Gasteiger partial charge in [0.05, 0.1) is 16.8 Å². The molecule has 90 valence electrons. The van der Waals surface area contributed by atoms with Crippen LogP contribution in [0.4, 0.5) is 0 Å². The van der Waals surface area contributed by atoms with Crippen molar-refractivity contribution in [3.63, 3.8) is 0 Å². The highest BCUT2D eigenvalue weighted by Gasteiger charge is 2.10. The fraction of sp³-hybridized carbons (Fsp3) is 0.462. The van der Waals surface area contributed by atoms with Crippen LogP contribution < -0.4 is 5.43 Å². The summed E-state index contributed by atoms with van der Waals surface area (Å²) >= 11 is 1.79. The van der Waals surface area contributed by atoms with Crippen LogP contribution in [0.5, 0.6) is 0 Å². The maximum atomic E-state index is 4.63. The summed E-state index contributed by atoms with van der Waals surface area (Å²) in [6.45, 7) is 3.20. The highest BCUT2D eigenvalue weighted by Crippen LogP contribution is 2.21. The number of nitrogens with zero attached hydrogens (tertiary/aromatic N) is 2. The third-order valence-electron chi connectivity index (χ3n) is 3.15. The molecule has 0 spiro atoms. The Kier molecular flexibility index (Phi) is 3.36. The molecule has 1 aromatic carbocycles. The lowest BCUT2D eigenvalue weighted by Crippen LogP contribution is -2.41. The zero-order valence-electron chi connectivity index (χ0n) is 9.85. The molecule has 4 heteroatoms. The first kappa shape index (κ1) is 11.1. The third-order valence-corrected chi connectivity index (χ3v) is 4.18. The van der Waals surface area contributed by atoms with E-state index in [2.05, 4.69) is 33.6 Å². The van der Waals surface area contributed by atoms with Gasteiger partial charge in [0, 0.05) is 13.1 Å². The summed E-state index contributed by atoms with van der Waals surface area (Å²) in [5.41, 5.74) is 4.60. The number of benzene rings is 1. The second-order valence-electron chi connectivity index (χ2n) is 4.46. The lowest BCUT2D eigenvalue weighted by atomic mass is 10.2. The van der Waals surface area contributed by atoms with Crippen LogP contribution in [-0.4, -0.2) is 23.1 Å². The van der Waals surface area contributed by atoms with Gasteiger partial charge in [-0.05, 0) is 25.0 Å². The van der Waals surface area contributed by atoms with Gasteiger partial charge in [0.1, 0.15) is 5.01 Å².